The third-order valence-corrected chi connectivity index (χ3v) is 5.66. The fraction of sp³-hybridized carbons (Fsp3) is 0.143. The van der Waals surface area contributed by atoms with Crippen molar-refractivity contribution < 1.29 is 9.53 Å². The molecule has 148 valence electrons. The number of carbonyl (C=O) groups is 1. The van der Waals surface area contributed by atoms with E-state index in [1.165, 1.54) is 11.8 Å². The number of halogens is 1. The van der Waals surface area contributed by atoms with Crippen LogP contribution in [-0.2, 0) is 5.75 Å². The molecule has 6 nitrogen and oxygen atoms in total. The average Bonchev–Trinajstić information content (AvgIpc) is 2.76. The standard InChI is InChI=1S/C21H19BrN4O2S/c1-14(25-26-20(27)17-6-3-4-7-18(17)22)15-8-9-19(28-2)16(12-15)13-29-21-23-10-5-11-24-21/h3-12H,13H2,1-2H3,(H,26,27). The second kappa shape index (κ2) is 10.2. The van der Waals surface area contributed by atoms with Gasteiger partial charge in [0.2, 0.25) is 0 Å². The molecule has 0 atom stereocenters. The third-order valence-electron chi connectivity index (χ3n) is 4.04. The van der Waals surface area contributed by atoms with E-state index in [2.05, 4.69) is 36.4 Å². The van der Waals surface area contributed by atoms with E-state index in [1.54, 1.807) is 37.7 Å². The smallest absolute Gasteiger partial charge is 0.272 e. The van der Waals surface area contributed by atoms with Crippen LogP contribution in [0.4, 0.5) is 0 Å². The molecule has 29 heavy (non-hydrogen) atoms. The zero-order valence-electron chi connectivity index (χ0n) is 15.9. The summed E-state index contributed by atoms with van der Waals surface area (Å²) in [5.41, 5.74) is 5.71. The summed E-state index contributed by atoms with van der Waals surface area (Å²) in [7, 11) is 1.64. The van der Waals surface area contributed by atoms with Crippen molar-refractivity contribution in [1.82, 2.24) is 15.4 Å². The van der Waals surface area contributed by atoms with Gasteiger partial charge in [-0.2, -0.15) is 5.10 Å². The minimum absolute atomic E-state index is 0.276. The summed E-state index contributed by atoms with van der Waals surface area (Å²) in [4.78, 5) is 20.8. The molecule has 0 radical (unpaired) electrons. The van der Waals surface area contributed by atoms with Gasteiger partial charge >= 0.3 is 0 Å². The lowest BCUT2D eigenvalue weighted by molar-refractivity contribution is 0.0954. The largest absolute Gasteiger partial charge is 0.496 e. The summed E-state index contributed by atoms with van der Waals surface area (Å²) < 4.78 is 6.19. The molecule has 8 heteroatoms. The van der Waals surface area contributed by atoms with E-state index >= 15 is 0 Å². The number of ether oxygens (including phenoxy) is 1. The van der Waals surface area contributed by atoms with E-state index in [0.29, 0.717) is 22.2 Å². The number of aromatic nitrogens is 2. The van der Waals surface area contributed by atoms with Gasteiger partial charge in [-0.15, -0.1) is 0 Å². The van der Waals surface area contributed by atoms with Gasteiger partial charge in [-0.3, -0.25) is 4.79 Å². The molecule has 3 rings (SSSR count). The van der Waals surface area contributed by atoms with Crippen LogP contribution < -0.4 is 10.2 Å². The maximum absolute atomic E-state index is 12.3. The van der Waals surface area contributed by atoms with Gasteiger partial charge in [-0.25, -0.2) is 15.4 Å². The summed E-state index contributed by atoms with van der Waals surface area (Å²) in [6, 6.07) is 14.8. The molecule has 0 spiro atoms. The van der Waals surface area contributed by atoms with E-state index in [1.807, 2.05) is 37.3 Å². The quantitative estimate of drug-likeness (QED) is 0.234. The number of hydrogen-bond acceptors (Lipinski definition) is 6. The predicted octanol–water partition coefficient (Wildman–Crippen LogP) is 4.69. The number of hydrazone groups is 1. The molecule has 2 aromatic carbocycles. The van der Waals surface area contributed by atoms with Crippen LogP contribution in [0, 0.1) is 0 Å². The van der Waals surface area contributed by atoms with Crippen molar-refractivity contribution in [2.75, 3.05) is 7.11 Å². The number of nitrogens with zero attached hydrogens (tertiary/aromatic N) is 3. The first-order valence-electron chi connectivity index (χ1n) is 8.74. The molecular weight excluding hydrogens is 452 g/mol. The summed E-state index contributed by atoms with van der Waals surface area (Å²) >= 11 is 4.90. The Balaban J connectivity index is 1.74. The highest BCUT2D eigenvalue weighted by molar-refractivity contribution is 9.10. The van der Waals surface area contributed by atoms with Crippen LogP contribution in [0.2, 0.25) is 0 Å². The Morgan fingerprint density at radius 3 is 2.66 bits per heavy atom. The van der Waals surface area contributed by atoms with E-state index < -0.39 is 0 Å². The number of methoxy groups -OCH3 is 1. The molecule has 0 saturated heterocycles. The Hall–Kier alpha value is -2.71. The normalized spacial score (nSPS) is 11.2. The summed E-state index contributed by atoms with van der Waals surface area (Å²) in [6.07, 6.45) is 3.43. The topological polar surface area (TPSA) is 76.5 Å². The molecule has 0 aliphatic carbocycles. The second-order valence-electron chi connectivity index (χ2n) is 5.96. The van der Waals surface area contributed by atoms with E-state index in [0.717, 1.165) is 21.3 Å². The van der Waals surface area contributed by atoms with Crippen molar-refractivity contribution >= 4 is 39.3 Å². The highest BCUT2D eigenvalue weighted by atomic mass is 79.9. The molecule has 0 aliphatic heterocycles. The molecule has 1 N–H and O–H groups in total. The molecular formula is C21H19BrN4O2S. The summed E-state index contributed by atoms with van der Waals surface area (Å²) in [6.45, 7) is 1.85. The Kier molecular flexibility index (Phi) is 7.37. The van der Waals surface area contributed by atoms with Gasteiger partial charge in [-0.05, 0) is 64.8 Å². The maximum atomic E-state index is 12.3. The van der Waals surface area contributed by atoms with Crippen molar-refractivity contribution in [2.45, 2.75) is 17.8 Å². The fourth-order valence-corrected chi connectivity index (χ4v) is 3.77. The van der Waals surface area contributed by atoms with Gasteiger partial charge in [0.25, 0.3) is 5.91 Å². The number of thioether (sulfide) groups is 1. The van der Waals surface area contributed by atoms with Crippen molar-refractivity contribution in [3.05, 3.63) is 82.1 Å². The molecule has 1 heterocycles. The predicted molar refractivity (Wildman–Crippen MR) is 118 cm³/mol. The highest BCUT2D eigenvalue weighted by Gasteiger charge is 2.10. The minimum atomic E-state index is -0.276. The molecule has 0 aliphatic rings. The number of hydrogen-bond donors (Lipinski definition) is 1. The third kappa shape index (κ3) is 5.65. The van der Waals surface area contributed by atoms with Gasteiger partial charge in [0.05, 0.1) is 18.4 Å². The Bertz CT molecular complexity index is 1030. The fourth-order valence-electron chi connectivity index (χ4n) is 2.52. The van der Waals surface area contributed by atoms with Crippen LogP contribution in [0.25, 0.3) is 0 Å². The highest BCUT2D eigenvalue weighted by Crippen LogP contribution is 2.27. The van der Waals surface area contributed by atoms with Crippen LogP contribution >= 0.6 is 27.7 Å². The van der Waals surface area contributed by atoms with Crippen LogP contribution in [-0.4, -0.2) is 28.7 Å². The van der Waals surface area contributed by atoms with Crippen LogP contribution in [0.3, 0.4) is 0 Å². The van der Waals surface area contributed by atoms with Crippen molar-refractivity contribution in [1.29, 1.82) is 0 Å². The molecule has 0 bridgehead atoms. The van der Waals surface area contributed by atoms with Gasteiger partial charge in [-0.1, -0.05) is 23.9 Å². The van der Waals surface area contributed by atoms with E-state index in [4.69, 9.17) is 4.74 Å². The molecule has 1 amide bonds. The SMILES string of the molecule is COc1ccc(C(C)=NNC(=O)c2ccccc2Br)cc1CSc1ncccn1. The zero-order valence-corrected chi connectivity index (χ0v) is 18.3. The Labute approximate surface area is 181 Å². The lowest BCUT2D eigenvalue weighted by Crippen LogP contribution is -2.19. The maximum Gasteiger partial charge on any atom is 0.272 e. The molecule has 0 saturated carbocycles. The van der Waals surface area contributed by atoms with Crippen molar-refractivity contribution in [3.8, 4) is 5.75 Å². The number of amides is 1. The minimum Gasteiger partial charge on any atom is -0.496 e. The van der Waals surface area contributed by atoms with E-state index in [-0.39, 0.29) is 5.91 Å². The molecule has 1 aromatic heterocycles. The van der Waals surface area contributed by atoms with Crippen LogP contribution in [0.15, 0.2) is 75.7 Å². The molecule has 0 unspecified atom stereocenters. The number of benzene rings is 2. The first-order valence-corrected chi connectivity index (χ1v) is 10.5. The lowest BCUT2D eigenvalue weighted by Gasteiger charge is -2.11. The van der Waals surface area contributed by atoms with Gasteiger partial charge in [0, 0.05) is 28.2 Å². The number of nitrogens with one attached hydrogen (secondary N) is 1. The zero-order chi connectivity index (χ0) is 20.6. The monoisotopic (exact) mass is 470 g/mol. The van der Waals surface area contributed by atoms with Crippen LogP contribution in [0.1, 0.15) is 28.4 Å². The summed E-state index contributed by atoms with van der Waals surface area (Å²) in [5, 5.41) is 4.95. The Morgan fingerprint density at radius 1 is 1.17 bits per heavy atom. The van der Waals surface area contributed by atoms with Crippen molar-refractivity contribution in [3.63, 3.8) is 0 Å². The van der Waals surface area contributed by atoms with Crippen LogP contribution in [0.5, 0.6) is 5.75 Å². The molecule has 0 fully saturated rings. The second-order valence-corrected chi connectivity index (χ2v) is 7.76. The first-order chi connectivity index (χ1) is 14.1. The van der Waals surface area contributed by atoms with Gasteiger partial charge < -0.3 is 4.74 Å². The number of rotatable bonds is 7. The average molecular weight is 471 g/mol. The number of carbonyl (C=O) groups excluding carboxylic acids is 1. The van der Waals surface area contributed by atoms with Gasteiger partial charge in [0.15, 0.2) is 5.16 Å². The Morgan fingerprint density at radius 2 is 1.93 bits per heavy atom. The van der Waals surface area contributed by atoms with Crippen molar-refractivity contribution in [2.24, 2.45) is 5.10 Å². The van der Waals surface area contributed by atoms with Gasteiger partial charge in [0.1, 0.15) is 5.75 Å². The summed E-state index contributed by atoms with van der Waals surface area (Å²) in [5.74, 6) is 1.15. The lowest BCUT2D eigenvalue weighted by atomic mass is 10.1. The first kappa shape index (κ1) is 21.0. The van der Waals surface area contributed by atoms with E-state index in [9.17, 15) is 4.79 Å². The molecule has 3 aromatic rings.